The van der Waals surface area contributed by atoms with E-state index in [1.807, 2.05) is 0 Å². The average molecular weight is 356 g/mol. The van der Waals surface area contributed by atoms with Crippen LogP contribution in [0.1, 0.15) is 43.8 Å². The van der Waals surface area contributed by atoms with Gasteiger partial charge in [0.1, 0.15) is 0 Å². The number of nitrogens with zero attached hydrogens (tertiary/aromatic N) is 2. The first-order valence-electron chi connectivity index (χ1n) is 7.20. The van der Waals surface area contributed by atoms with Gasteiger partial charge in [-0.3, -0.25) is 4.68 Å². The van der Waals surface area contributed by atoms with Crippen LogP contribution in [0.15, 0.2) is 21.3 Å². The molecule has 0 aliphatic rings. The zero-order valence-electron chi connectivity index (χ0n) is 12.3. The van der Waals surface area contributed by atoms with E-state index in [2.05, 4.69) is 68.6 Å². The summed E-state index contributed by atoms with van der Waals surface area (Å²) < 4.78 is 3.31. The Morgan fingerprint density at radius 3 is 2.75 bits per heavy atom. The third-order valence-electron chi connectivity index (χ3n) is 3.49. The highest BCUT2D eigenvalue weighted by atomic mass is 79.9. The molecule has 0 aliphatic heterocycles. The molecule has 20 heavy (non-hydrogen) atoms. The van der Waals surface area contributed by atoms with Crippen LogP contribution in [0.3, 0.4) is 0 Å². The molecule has 3 nitrogen and oxygen atoms in total. The van der Waals surface area contributed by atoms with Gasteiger partial charge in [0.2, 0.25) is 0 Å². The van der Waals surface area contributed by atoms with E-state index in [9.17, 15) is 0 Å². The van der Waals surface area contributed by atoms with Gasteiger partial charge in [-0.15, -0.1) is 0 Å². The van der Waals surface area contributed by atoms with E-state index in [1.54, 1.807) is 11.3 Å². The van der Waals surface area contributed by atoms with Crippen LogP contribution in [0, 0.1) is 0 Å². The first-order chi connectivity index (χ1) is 9.71. The molecule has 0 aromatic carbocycles. The number of halogens is 1. The fourth-order valence-corrected chi connectivity index (χ4v) is 3.87. The smallest absolute Gasteiger partial charge is 0.0766 e. The molecule has 110 valence electrons. The molecular weight excluding hydrogens is 334 g/mol. The zero-order valence-corrected chi connectivity index (χ0v) is 14.7. The minimum Gasteiger partial charge on any atom is -0.310 e. The normalized spacial score (nSPS) is 12.8. The Morgan fingerprint density at radius 1 is 1.40 bits per heavy atom. The highest BCUT2D eigenvalue weighted by Crippen LogP contribution is 2.28. The fourth-order valence-electron chi connectivity index (χ4n) is 2.43. The van der Waals surface area contributed by atoms with Gasteiger partial charge in [-0.1, -0.05) is 13.8 Å². The molecule has 1 unspecified atom stereocenters. The van der Waals surface area contributed by atoms with Crippen LogP contribution >= 0.6 is 27.3 Å². The molecule has 2 aromatic heterocycles. The van der Waals surface area contributed by atoms with Gasteiger partial charge in [0.25, 0.3) is 0 Å². The minimum absolute atomic E-state index is 0.356. The Morgan fingerprint density at radius 2 is 2.20 bits per heavy atom. The Hall–Kier alpha value is -0.650. The predicted octanol–water partition coefficient (Wildman–Crippen LogP) is 4.18. The second-order valence-electron chi connectivity index (χ2n) is 4.75. The summed E-state index contributed by atoms with van der Waals surface area (Å²) in [6.07, 6.45) is 1.93. The molecule has 0 saturated heterocycles. The van der Waals surface area contributed by atoms with Crippen molar-refractivity contribution in [3.05, 3.63) is 38.3 Å². The number of hydrogen-bond acceptors (Lipinski definition) is 3. The lowest BCUT2D eigenvalue weighted by Gasteiger charge is -2.18. The summed E-state index contributed by atoms with van der Waals surface area (Å²) in [6.45, 7) is 8.34. The lowest BCUT2D eigenvalue weighted by atomic mass is 10.0. The van der Waals surface area contributed by atoms with Crippen molar-refractivity contribution in [2.45, 2.75) is 46.2 Å². The van der Waals surface area contributed by atoms with Crippen LogP contribution in [0.2, 0.25) is 0 Å². The lowest BCUT2D eigenvalue weighted by molar-refractivity contribution is 0.516. The van der Waals surface area contributed by atoms with Crippen molar-refractivity contribution >= 4 is 27.3 Å². The van der Waals surface area contributed by atoms with Gasteiger partial charge in [-0.2, -0.15) is 16.4 Å². The Balaban J connectivity index is 2.28. The Labute approximate surface area is 133 Å². The first-order valence-corrected chi connectivity index (χ1v) is 8.94. The number of aryl methyl sites for hydroxylation is 2. The molecule has 5 heteroatoms. The van der Waals surface area contributed by atoms with Crippen LogP contribution in [-0.2, 0) is 19.4 Å². The molecule has 0 bridgehead atoms. The van der Waals surface area contributed by atoms with E-state index in [-0.39, 0.29) is 0 Å². The summed E-state index contributed by atoms with van der Waals surface area (Å²) in [6, 6.07) is 2.56. The maximum Gasteiger partial charge on any atom is 0.0766 e. The second kappa shape index (κ2) is 7.38. The molecule has 2 heterocycles. The van der Waals surface area contributed by atoms with Crippen LogP contribution < -0.4 is 5.32 Å². The molecule has 2 rings (SSSR count). The van der Waals surface area contributed by atoms with E-state index in [1.165, 1.54) is 15.7 Å². The number of rotatable bonds is 7. The molecule has 0 saturated carbocycles. The standard InChI is InChI=1S/C15H22BrN3S/c1-4-12-15(16)14(19(6-3)18-12)9-13(17-5-2)11-7-8-20-10-11/h7-8,10,13,17H,4-6,9H2,1-3H3. The summed E-state index contributed by atoms with van der Waals surface area (Å²) >= 11 is 5.49. The van der Waals surface area contributed by atoms with E-state index in [0.29, 0.717) is 6.04 Å². The van der Waals surface area contributed by atoms with Gasteiger partial charge in [-0.05, 0) is 58.2 Å². The lowest BCUT2D eigenvalue weighted by Crippen LogP contribution is -2.23. The molecule has 0 fully saturated rings. The highest BCUT2D eigenvalue weighted by Gasteiger charge is 2.19. The molecule has 0 spiro atoms. The van der Waals surface area contributed by atoms with Gasteiger partial charge in [0.05, 0.1) is 15.9 Å². The number of nitrogens with one attached hydrogen (secondary N) is 1. The number of aromatic nitrogens is 2. The number of likely N-dealkylation sites (N-methyl/N-ethyl adjacent to an activating group) is 1. The van der Waals surface area contributed by atoms with Crippen molar-refractivity contribution in [2.24, 2.45) is 0 Å². The number of hydrogen-bond donors (Lipinski definition) is 1. The fraction of sp³-hybridized carbons (Fsp3) is 0.533. The van der Waals surface area contributed by atoms with Crippen LogP contribution in [0.25, 0.3) is 0 Å². The summed E-state index contributed by atoms with van der Waals surface area (Å²) in [7, 11) is 0. The zero-order chi connectivity index (χ0) is 14.5. The minimum atomic E-state index is 0.356. The second-order valence-corrected chi connectivity index (χ2v) is 6.32. The molecule has 0 amide bonds. The summed E-state index contributed by atoms with van der Waals surface area (Å²) in [5.41, 5.74) is 3.81. The topological polar surface area (TPSA) is 29.9 Å². The molecule has 0 aliphatic carbocycles. The van der Waals surface area contributed by atoms with Gasteiger partial charge in [0, 0.05) is 19.0 Å². The van der Waals surface area contributed by atoms with E-state index in [0.717, 1.165) is 31.6 Å². The van der Waals surface area contributed by atoms with Crippen molar-refractivity contribution in [3.8, 4) is 0 Å². The molecule has 0 radical (unpaired) electrons. The molecular formula is C15H22BrN3S. The van der Waals surface area contributed by atoms with Crippen LogP contribution in [0.4, 0.5) is 0 Å². The average Bonchev–Trinajstić information content (AvgIpc) is 3.07. The quantitative estimate of drug-likeness (QED) is 0.807. The maximum atomic E-state index is 4.69. The Bertz CT molecular complexity index is 534. The van der Waals surface area contributed by atoms with Crippen LogP contribution in [0.5, 0.6) is 0 Å². The van der Waals surface area contributed by atoms with Crippen molar-refractivity contribution in [3.63, 3.8) is 0 Å². The van der Waals surface area contributed by atoms with Crippen molar-refractivity contribution in [2.75, 3.05) is 6.54 Å². The molecule has 2 aromatic rings. The highest BCUT2D eigenvalue weighted by molar-refractivity contribution is 9.10. The SMILES string of the molecule is CCNC(Cc1c(Br)c(CC)nn1CC)c1ccsc1. The monoisotopic (exact) mass is 355 g/mol. The van der Waals surface area contributed by atoms with Crippen molar-refractivity contribution < 1.29 is 0 Å². The number of thiophene rings is 1. The molecule has 1 atom stereocenters. The summed E-state index contributed by atoms with van der Waals surface area (Å²) in [5.74, 6) is 0. The van der Waals surface area contributed by atoms with Gasteiger partial charge in [-0.25, -0.2) is 0 Å². The van der Waals surface area contributed by atoms with Crippen molar-refractivity contribution in [1.29, 1.82) is 0 Å². The van der Waals surface area contributed by atoms with Crippen LogP contribution in [-0.4, -0.2) is 16.3 Å². The van der Waals surface area contributed by atoms with Crippen molar-refractivity contribution in [1.82, 2.24) is 15.1 Å². The summed E-state index contributed by atoms with van der Waals surface area (Å²) in [5, 5.41) is 12.6. The maximum absolute atomic E-state index is 4.69. The first kappa shape index (κ1) is 15.7. The Kier molecular flexibility index (Phi) is 5.81. The third kappa shape index (κ3) is 3.32. The molecule has 1 N–H and O–H groups in total. The predicted molar refractivity (Wildman–Crippen MR) is 89.4 cm³/mol. The summed E-state index contributed by atoms with van der Waals surface area (Å²) in [4.78, 5) is 0. The van der Waals surface area contributed by atoms with Gasteiger partial charge < -0.3 is 5.32 Å². The van der Waals surface area contributed by atoms with E-state index >= 15 is 0 Å². The van der Waals surface area contributed by atoms with Gasteiger partial charge in [0.15, 0.2) is 0 Å². The third-order valence-corrected chi connectivity index (χ3v) is 5.10. The van der Waals surface area contributed by atoms with E-state index < -0.39 is 0 Å². The van der Waals surface area contributed by atoms with E-state index in [4.69, 9.17) is 0 Å². The van der Waals surface area contributed by atoms with Gasteiger partial charge >= 0.3 is 0 Å². The largest absolute Gasteiger partial charge is 0.310 e.